The molecule has 3 amide bonds. The molecule has 170 valence electrons. The predicted molar refractivity (Wildman–Crippen MR) is 122 cm³/mol. The van der Waals surface area contributed by atoms with Gasteiger partial charge >= 0.3 is 0 Å². The Bertz CT molecular complexity index is 935. The Balaban J connectivity index is 1.49. The average molecular weight is 439 g/mol. The van der Waals surface area contributed by atoms with E-state index in [1.807, 2.05) is 18.7 Å². The highest BCUT2D eigenvalue weighted by atomic mass is 16.5. The van der Waals surface area contributed by atoms with Crippen LogP contribution >= 0.6 is 0 Å². The molecule has 0 aliphatic carbocycles. The number of piperazine rings is 1. The van der Waals surface area contributed by atoms with Gasteiger partial charge in [-0.3, -0.25) is 19.3 Å². The first-order chi connectivity index (χ1) is 15.4. The first-order valence-electron chi connectivity index (χ1n) is 10.8. The summed E-state index contributed by atoms with van der Waals surface area (Å²) in [5.41, 5.74) is 6.24. The smallest absolute Gasteiger partial charge is 0.253 e. The van der Waals surface area contributed by atoms with Crippen LogP contribution in [0.1, 0.15) is 41.0 Å². The second kappa shape index (κ2) is 10.8. The summed E-state index contributed by atoms with van der Waals surface area (Å²) < 4.78 is 5.76. The van der Waals surface area contributed by atoms with E-state index < -0.39 is 5.91 Å². The highest BCUT2D eigenvalue weighted by Gasteiger charge is 2.23. The lowest BCUT2D eigenvalue weighted by molar-refractivity contribution is -0.123. The third-order valence-electron chi connectivity index (χ3n) is 5.52. The molecule has 1 fully saturated rings. The van der Waals surface area contributed by atoms with Crippen molar-refractivity contribution in [3.05, 3.63) is 59.7 Å². The summed E-state index contributed by atoms with van der Waals surface area (Å²) in [6, 6.07) is 13.7. The zero-order valence-corrected chi connectivity index (χ0v) is 18.5. The molecule has 1 unspecified atom stereocenters. The third kappa shape index (κ3) is 6.31. The highest BCUT2D eigenvalue weighted by molar-refractivity contribution is 5.94. The molecule has 1 heterocycles. The van der Waals surface area contributed by atoms with Gasteiger partial charge in [-0.15, -0.1) is 0 Å². The van der Waals surface area contributed by atoms with Gasteiger partial charge < -0.3 is 20.7 Å². The maximum absolute atomic E-state index is 12.8. The fraction of sp³-hybridized carbons (Fsp3) is 0.375. The normalized spacial score (nSPS) is 15.1. The van der Waals surface area contributed by atoms with Crippen LogP contribution < -0.4 is 15.8 Å². The topological polar surface area (TPSA) is 105 Å². The minimum atomic E-state index is -0.491. The molecule has 0 bridgehead atoms. The number of hydrogen-bond donors (Lipinski definition) is 2. The Morgan fingerprint density at radius 1 is 0.938 bits per heavy atom. The van der Waals surface area contributed by atoms with Crippen molar-refractivity contribution in [2.75, 3.05) is 32.7 Å². The number of carbonyl (C=O) groups excluding carboxylic acids is 3. The molecule has 0 aromatic heterocycles. The van der Waals surface area contributed by atoms with Gasteiger partial charge in [-0.2, -0.15) is 0 Å². The fourth-order valence-electron chi connectivity index (χ4n) is 3.41. The monoisotopic (exact) mass is 438 g/mol. The molecular formula is C24H30N4O4. The first kappa shape index (κ1) is 23.3. The van der Waals surface area contributed by atoms with Gasteiger partial charge in [0.15, 0.2) is 0 Å². The average Bonchev–Trinajstić information content (AvgIpc) is 2.80. The van der Waals surface area contributed by atoms with E-state index in [-0.39, 0.29) is 17.9 Å². The first-order valence-corrected chi connectivity index (χ1v) is 10.8. The van der Waals surface area contributed by atoms with Gasteiger partial charge in [0.2, 0.25) is 11.8 Å². The van der Waals surface area contributed by atoms with E-state index >= 15 is 0 Å². The van der Waals surface area contributed by atoms with E-state index in [4.69, 9.17) is 10.5 Å². The van der Waals surface area contributed by atoms with Crippen molar-refractivity contribution < 1.29 is 19.1 Å². The van der Waals surface area contributed by atoms with Crippen molar-refractivity contribution >= 4 is 17.7 Å². The van der Waals surface area contributed by atoms with E-state index in [1.54, 1.807) is 48.5 Å². The van der Waals surface area contributed by atoms with Crippen LogP contribution in [0.3, 0.4) is 0 Å². The maximum Gasteiger partial charge on any atom is 0.253 e. The number of amides is 3. The van der Waals surface area contributed by atoms with E-state index in [1.165, 1.54) is 0 Å². The maximum atomic E-state index is 12.8. The van der Waals surface area contributed by atoms with Crippen LogP contribution in [-0.4, -0.2) is 66.3 Å². The molecule has 2 aromatic carbocycles. The number of primary amides is 1. The molecule has 2 aromatic rings. The number of rotatable bonds is 8. The van der Waals surface area contributed by atoms with Gasteiger partial charge in [0, 0.05) is 43.3 Å². The lowest BCUT2D eigenvalue weighted by atomic mass is 10.1. The fourth-order valence-corrected chi connectivity index (χ4v) is 3.41. The van der Waals surface area contributed by atoms with Crippen LogP contribution in [0.2, 0.25) is 0 Å². The summed E-state index contributed by atoms with van der Waals surface area (Å²) in [4.78, 5) is 39.9. The number of nitrogens with two attached hydrogens (primary N) is 1. The van der Waals surface area contributed by atoms with E-state index in [0.29, 0.717) is 55.3 Å². The quantitative estimate of drug-likeness (QED) is 0.658. The minimum absolute atomic E-state index is 0.0268. The molecule has 1 atom stereocenters. The van der Waals surface area contributed by atoms with Crippen LogP contribution in [0, 0.1) is 0 Å². The van der Waals surface area contributed by atoms with Gasteiger partial charge in [-0.25, -0.2) is 0 Å². The molecular weight excluding hydrogens is 408 g/mol. The minimum Gasteiger partial charge on any atom is -0.457 e. The molecule has 0 saturated carbocycles. The summed E-state index contributed by atoms with van der Waals surface area (Å²) in [6.45, 7) is 6.89. The Hall–Kier alpha value is -3.39. The lowest BCUT2D eigenvalue weighted by Crippen LogP contribution is -2.51. The Kier molecular flexibility index (Phi) is 7.83. The number of nitrogens with one attached hydrogen (secondary N) is 1. The van der Waals surface area contributed by atoms with Crippen molar-refractivity contribution in [1.29, 1.82) is 0 Å². The van der Waals surface area contributed by atoms with Crippen molar-refractivity contribution in [3.8, 4) is 11.5 Å². The largest absolute Gasteiger partial charge is 0.457 e. The second-order valence-electron chi connectivity index (χ2n) is 7.96. The number of carbonyl (C=O) groups is 3. The highest BCUT2D eigenvalue weighted by Crippen LogP contribution is 2.22. The summed E-state index contributed by atoms with van der Waals surface area (Å²) >= 11 is 0. The molecule has 1 aliphatic rings. The number of ether oxygens (including phenoxy) is 1. The molecule has 8 heteroatoms. The van der Waals surface area contributed by atoms with Crippen LogP contribution in [0.25, 0.3) is 0 Å². The zero-order valence-electron chi connectivity index (χ0n) is 18.5. The predicted octanol–water partition coefficient (Wildman–Crippen LogP) is 2.25. The van der Waals surface area contributed by atoms with E-state index in [9.17, 15) is 14.4 Å². The van der Waals surface area contributed by atoms with Gasteiger partial charge in [-0.05, 0) is 61.9 Å². The summed E-state index contributed by atoms with van der Waals surface area (Å²) in [6.07, 6.45) is 0.902. The molecule has 1 aliphatic heterocycles. The van der Waals surface area contributed by atoms with Crippen LogP contribution in [-0.2, 0) is 4.79 Å². The van der Waals surface area contributed by atoms with Gasteiger partial charge in [0.05, 0.1) is 6.54 Å². The summed E-state index contributed by atoms with van der Waals surface area (Å²) in [5.74, 6) is 0.660. The molecule has 3 N–H and O–H groups in total. The SMILES string of the molecule is CCC(C)NC(=O)CN1CCN(C(=O)c2ccc(Oc3ccc(C(N)=O)cc3)cc2)CC1. The Morgan fingerprint density at radius 3 is 1.97 bits per heavy atom. The van der Waals surface area contributed by atoms with Crippen molar-refractivity contribution in [1.82, 2.24) is 15.1 Å². The number of benzene rings is 2. The molecule has 0 spiro atoms. The van der Waals surface area contributed by atoms with Crippen molar-refractivity contribution in [2.24, 2.45) is 5.73 Å². The summed E-state index contributed by atoms with van der Waals surface area (Å²) in [7, 11) is 0. The van der Waals surface area contributed by atoms with Crippen LogP contribution in [0.15, 0.2) is 48.5 Å². The lowest BCUT2D eigenvalue weighted by Gasteiger charge is -2.34. The second-order valence-corrected chi connectivity index (χ2v) is 7.96. The Labute approximate surface area is 188 Å². The van der Waals surface area contributed by atoms with Gasteiger partial charge in [-0.1, -0.05) is 6.92 Å². The molecule has 32 heavy (non-hydrogen) atoms. The standard InChI is InChI=1S/C24H30N4O4/c1-3-17(2)26-22(29)16-27-12-14-28(15-13-27)24(31)19-6-10-21(11-7-19)32-20-8-4-18(5-9-20)23(25)30/h4-11,17H,3,12-16H2,1-2H3,(H2,25,30)(H,26,29). The van der Waals surface area contributed by atoms with Crippen molar-refractivity contribution in [3.63, 3.8) is 0 Å². The van der Waals surface area contributed by atoms with Gasteiger partial charge in [0.1, 0.15) is 11.5 Å². The zero-order chi connectivity index (χ0) is 23.1. The number of nitrogens with zero attached hydrogens (tertiary/aromatic N) is 2. The Morgan fingerprint density at radius 2 is 1.47 bits per heavy atom. The van der Waals surface area contributed by atoms with Crippen LogP contribution in [0.5, 0.6) is 11.5 Å². The molecule has 3 rings (SSSR count). The number of hydrogen-bond acceptors (Lipinski definition) is 5. The summed E-state index contributed by atoms with van der Waals surface area (Å²) in [5, 5.41) is 2.97. The third-order valence-corrected chi connectivity index (χ3v) is 5.52. The molecule has 8 nitrogen and oxygen atoms in total. The molecule has 1 saturated heterocycles. The molecule has 0 radical (unpaired) electrons. The van der Waals surface area contributed by atoms with Gasteiger partial charge in [0.25, 0.3) is 5.91 Å². The van der Waals surface area contributed by atoms with E-state index in [0.717, 1.165) is 6.42 Å². The van der Waals surface area contributed by atoms with Crippen molar-refractivity contribution in [2.45, 2.75) is 26.3 Å². The van der Waals surface area contributed by atoms with Crippen LogP contribution in [0.4, 0.5) is 0 Å². The van der Waals surface area contributed by atoms with E-state index in [2.05, 4.69) is 10.2 Å².